The van der Waals surface area contributed by atoms with Gasteiger partial charge in [0.25, 0.3) is 11.7 Å². The van der Waals surface area contributed by atoms with Gasteiger partial charge in [0.05, 0.1) is 0 Å². The second kappa shape index (κ2) is 5.39. The summed E-state index contributed by atoms with van der Waals surface area (Å²) in [6, 6.07) is 10.9. The number of carbonyl (C=O) groups is 2. The van der Waals surface area contributed by atoms with E-state index in [4.69, 9.17) is 0 Å². The molecule has 0 radical (unpaired) electrons. The normalized spacial score (nSPS) is 10.0. The van der Waals surface area contributed by atoms with Crippen LogP contribution in [0, 0.1) is 11.6 Å². The first-order chi connectivity index (χ1) is 9.08. The Hall–Kier alpha value is -2.56. The molecule has 3 nitrogen and oxygen atoms in total. The molecule has 2 rings (SSSR count). The van der Waals surface area contributed by atoms with Crippen molar-refractivity contribution in [3.8, 4) is 0 Å². The number of halogens is 2. The molecule has 2 aromatic carbocycles. The van der Waals surface area contributed by atoms with E-state index in [1.54, 1.807) is 30.3 Å². The molecule has 1 N–H and O–H groups in total. The lowest BCUT2D eigenvalue weighted by molar-refractivity contribution is -0.112. The van der Waals surface area contributed by atoms with Crippen LogP contribution in [-0.2, 0) is 4.79 Å². The Balaban J connectivity index is 2.15. The van der Waals surface area contributed by atoms with Gasteiger partial charge in [-0.2, -0.15) is 0 Å². The summed E-state index contributed by atoms with van der Waals surface area (Å²) in [4.78, 5) is 23.3. The Labute approximate surface area is 107 Å². The number of amides is 1. The fourth-order valence-electron chi connectivity index (χ4n) is 1.48. The van der Waals surface area contributed by atoms with Crippen LogP contribution in [0.25, 0.3) is 0 Å². The number of nitrogens with one attached hydrogen (secondary N) is 1. The summed E-state index contributed by atoms with van der Waals surface area (Å²) in [5.41, 5.74) is 0.246. The number of carbonyl (C=O) groups excluding carboxylic acids is 2. The quantitative estimate of drug-likeness (QED) is 0.682. The highest BCUT2D eigenvalue weighted by atomic mass is 19.2. The van der Waals surface area contributed by atoms with Crippen LogP contribution >= 0.6 is 0 Å². The fraction of sp³-hybridized carbons (Fsp3) is 0. The fourth-order valence-corrected chi connectivity index (χ4v) is 1.48. The van der Waals surface area contributed by atoms with Crippen molar-refractivity contribution in [3.05, 3.63) is 65.7 Å². The van der Waals surface area contributed by atoms with E-state index < -0.39 is 23.3 Å². The second-order valence-electron chi connectivity index (χ2n) is 3.78. The molecule has 5 heteroatoms. The topological polar surface area (TPSA) is 46.2 Å². The van der Waals surface area contributed by atoms with E-state index in [0.717, 1.165) is 12.1 Å². The second-order valence-corrected chi connectivity index (χ2v) is 3.78. The highest BCUT2D eigenvalue weighted by Gasteiger charge is 2.17. The summed E-state index contributed by atoms with van der Waals surface area (Å²) in [6.07, 6.45) is 0. The zero-order chi connectivity index (χ0) is 13.8. The molecule has 96 valence electrons. The van der Waals surface area contributed by atoms with E-state index in [1.807, 2.05) is 0 Å². The number of rotatable bonds is 3. The predicted molar refractivity (Wildman–Crippen MR) is 65.8 cm³/mol. The van der Waals surface area contributed by atoms with Crippen molar-refractivity contribution in [3.63, 3.8) is 0 Å². The third kappa shape index (κ3) is 3.01. The monoisotopic (exact) mass is 261 g/mol. The smallest absolute Gasteiger partial charge is 0.296 e. The molecule has 0 heterocycles. The first kappa shape index (κ1) is 12.9. The summed E-state index contributed by atoms with van der Waals surface area (Å²) >= 11 is 0. The van der Waals surface area contributed by atoms with Gasteiger partial charge in [-0.25, -0.2) is 8.78 Å². The molecule has 2 aromatic rings. The molecule has 0 unspecified atom stereocenters. The number of Topliss-reactive ketones (excluding diaryl/α,β-unsaturated/α-hetero) is 1. The van der Waals surface area contributed by atoms with E-state index in [-0.39, 0.29) is 5.56 Å². The summed E-state index contributed by atoms with van der Waals surface area (Å²) in [7, 11) is 0. The molecule has 0 saturated carbocycles. The number of benzene rings is 2. The van der Waals surface area contributed by atoms with Gasteiger partial charge in [-0.1, -0.05) is 18.2 Å². The van der Waals surface area contributed by atoms with Crippen LogP contribution in [0.2, 0.25) is 0 Å². The van der Waals surface area contributed by atoms with Crippen LogP contribution in [0.1, 0.15) is 10.4 Å². The number of hydrogen-bond acceptors (Lipinski definition) is 2. The molecule has 0 aromatic heterocycles. The third-order valence-corrected chi connectivity index (χ3v) is 2.42. The summed E-state index contributed by atoms with van der Waals surface area (Å²) in [5.74, 6) is -4.07. The van der Waals surface area contributed by atoms with Crippen molar-refractivity contribution in [1.29, 1.82) is 0 Å². The maximum Gasteiger partial charge on any atom is 0.296 e. The molecule has 0 aliphatic heterocycles. The van der Waals surface area contributed by atoms with Crippen LogP contribution < -0.4 is 5.32 Å². The molecule has 0 fully saturated rings. The van der Waals surface area contributed by atoms with Gasteiger partial charge in [0.15, 0.2) is 11.6 Å². The Morgan fingerprint density at radius 1 is 0.895 bits per heavy atom. The van der Waals surface area contributed by atoms with Crippen molar-refractivity contribution >= 4 is 17.4 Å². The first-order valence-corrected chi connectivity index (χ1v) is 5.43. The van der Waals surface area contributed by atoms with Gasteiger partial charge in [-0.3, -0.25) is 9.59 Å². The lowest BCUT2D eigenvalue weighted by Gasteiger charge is -2.04. The van der Waals surface area contributed by atoms with Gasteiger partial charge in [0, 0.05) is 11.3 Å². The molecule has 0 aliphatic rings. The van der Waals surface area contributed by atoms with Crippen LogP contribution in [0.5, 0.6) is 0 Å². The molecule has 19 heavy (non-hydrogen) atoms. The molecule has 1 amide bonds. The van der Waals surface area contributed by atoms with Gasteiger partial charge in [-0.15, -0.1) is 0 Å². The Morgan fingerprint density at radius 2 is 1.58 bits per heavy atom. The standard InChI is InChI=1S/C14H9F2NO2/c15-11-7-6-9(8-12(11)16)13(18)14(19)17-10-4-2-1-3-5-10/h1-8H,(H,17,19). The number of para-hydroxylation sites is 1. The average molecular weight is 261 g/mol. The molecule has 0 aliphatic carbocycles. The molecule has 0 spiro atoms. The molecular formula is C14H9F2NO2. The highest BCUT2D eigenvalue weighted by Crippen LogP contribution is 2.11. The average Bonchev–Trinajstić information content (AvgIpc) is 2.42. The van der Waals surface area contributed by atoms with E-state index in [9.17, 15) is 18.4 Å². The van der Waals surface area contributed by atoms with Gasteiger partial charge >= 0.3 is 0 Å². The Bertz CT molecular complexity index is 627. The van der Waals surface area contributed by atoms with Crippen LogP contribution in [0.3, 0.4) is 0 Å². The third-order valence-electron chi connectivity index (χ3n) is 2.42. The lowest BCUT2D eigenvalue weighted by atomic mass is 10.1. The first-order valence-electron chi connectivity index (χ1n) is 5.43. The summed E-state index contributed by atoms with van der Waals surface area (Å²) < 4.78 is 25.7. The lowest BCUT2D eigenvalue weighted by Crippen LogP contribution is -2.23. The van der Waals surface area contributed by atoms with Gasteiger partial charge in [0.1, 0.15) is 0 Å². The maximum atomic E-state index is 13.0. The SMILES string of the molecule is O=C(Nc1ccccc1)C(=O)c1ccc(F)c(F)c1. The largest absolute Gasteiger partial charge is 0.319 e. The zero-order valence-electron chi connectivity index (χ0n) is 9.69. The van der Waals surface area contributed by atoms with Gasteiger partial charge in [-0.05, 0) is 30.3 Å². The predicted octanol–water partition coefficient (Wildman–Crippen LogP) is 2.79. The molecular weight excluding hydrogens is 252 g/mol. The Kier molecular flexibility index (Phi) is 3.66. The van der Waals surface area contributed by atoms with Crippen molar-refractivity contribution in [2.24, 2.45) is 0 Å². The maximum absolute atomic E-state index is 13.0. The van der Waals surface area contributed by atoms with Crippen molar-refractivity contribution < 1.29 is 18.4 Å². The van der Waals surface area contributed by atoms with Crippen molar-refractivity contribution in [1.82, 2.24) is 0 Å². The van der Waals surface area contributed by atoms with Gasteiger partial charge in [0.2, 0.25) is 0 Å². The van der Waals surface area contributed by atoms with Gasteiger partial charge < -0.3 is 5.32 Å². The van der Waals surface area contributed by atoms with Crippen LogP contribution in [0.15, 0.2) is 48.5 Å². The molecule has 0 bridgehead atoms. The summed E-state index contributed by atoms with van der Waals surface area (Å²) in [6.45, 7) is 0. The Morgan fingerprint density at radius 3 is 2.21 bits per heavy atom. The highest BCUT2D eigenvalue weighted by molar-refractivity contribution is 6.46. The zero-order valence-corrected chi connectivity index (χ0v) is 9.69. The van der Waals surface area contributed by atoms with Crippen molar-refractivity contribution in [2.45, 2.75) is 0 Å². The van der Waals surface area contributed by atoms with E-state index in [2.05, 4.69) is 5.32 Å². The van der Waals surface area contributed by atoms with Crippen LogP contribution in [-0.4, -0.2) is 11.7 Å². The number of anilines is 1. The minimum absolute atomic E-state index is 0.202. The molecule has 0 saturated heterocycles. The minimum Gasteiger partial charge on any atom is -0.319 e. The van der Waals surface area contributed by atoms with Crippen LogP contribution in [0.4, 0.5) is 14.5 Å². The number of ketones is 1. The van der Waals surface area contributed by atoms with E-state index >= 15 is 0 Å². The van der Waals surface area contributed by atoms with Crippen molar-refractivity contribution in [2.75, 3.05) is 5.32 Å². The van der Waals surface area contributed by atoms with E-state index in [0.29, 0.717) is 11.8 Å². The summed E-state index contributed by atoms with van der Waals surface area (Å²) in [5, 5.41) is 2.37. The minimum atomic E-state index is -1.17. The number of hydrogen-bond donors (Lipinski definition) is 1. The molecule has 0 atom stereocenters. The van der Waals surface area contributed by atoms with E-state index in [1.165, 1.54) is 0 Å².